The molecule has 33 heavy (non-hydrogen) atoms. The number of ether oxygens (including phenoxy) is 3. The van der Waals surface area contributed by atoms with E-state index in [1.165, 1.54) is 0 Å². The second kappa shape index (κ2) is 11.6. The summed E-state index contributed by atoms with van der Waals surface area (Å²) in [6, 6.07) is 32.4. The summed E-state index contributed by atoms with van der Waals surface area (Å²) in [6.07, 6.45) is 4.16. The fourth-order valence-electron chi connectivity index (χ4n) is 3.30. The Balaban J connectivity index is 1.48. The molecule has 4 aromatic carbocycles. The molecule has 4 rings (SSSR count). The molecule has 0 aromatic heterocycles. The van der Waals surface area contributed by atoms with Crippen molar-refractivity contribution in [2.24, 2.45) is 0 Å². The summed E-state index contributed by atoms with van der Waals surface area (Å²) >= 11 is 2.34. The van der Waals surface area contributed by atoms with Crippen LogP contribution in [0.5, 0.6) is 17.2 Å². The van der Waals surface area contributed by atoms with Crippen molar-refractivity contribution in [3.63, 3.8) is 0 Å². The predicted octanol–water partition coefficient (Wildman–Crippen LogP) is 7.63. The summed E-state index contributed by atoms with van der Waals surface area (Å²) in [7, 11) is 1.67. The minimum Gasteiger partial charge on any atom is -0.497 e. The minimum absolute atomic E-state index is 0.510. The van der Waals surface area contributed by atoms with Gasteiger partial charge in [0.2, 0.25) is 0 Å². The molecule has 4 aromatic rings. The normalized spacial score (nSPS) is 10.8. The second-order valence-electron chi connectivity index (χ2n) is 7.51. The quantitative estimate of drug-likeness (QED) is 0.159. The average Bonchev–Trinajstić information content (AvgIpc) is 2.87. The maximum absolute atomic E-state index is 6.01. The molecule has 0 spiro atoms. The molecule has 0 atom stereocenters. The molecule has 0 aliphatic heterocycles. The molecular formula is C29H25IO3. The number of methoxy groups -OCH3 is 1. The first-order chi connectivity index (χ1) is 16.2. The first-order valence-corrected chi connectivity index (χ1v) is 11.8. The van der Waals surface area contributed by atoms with Crippen LogP contribution < -0.4 is 14.2 Å². The standard InChI is InChI=1S/C29H25IO3/c1-31-27-16-24(17-28(19-27)33-21-23-10-6-3-7-11-23)12-13-25-18-26(14-15-29(25)30)32-20-22-8-4-2-5-9-22/h2-19H,20-21H2,1H3/b13-12-. The molecule has 4 heteroatoms. The van der Waals surface area contributed by atoms with E-state index in [9.17, 15) is 0 Å². The Hall–Kier alpha value is -3.25. The van der Waals surface area contributed by atoms with Gasteiger partial charge in [0.15, 0.2) is 0 Å². The number of benzene rings is 4. The van der Waals surface area contributed by atoms with Crippen LogP contribution in [-0.2, 0) is 13.2 Å². The topological polar surface area (TPSA) is 27.7 Å². The number of halogens is 1. The van der Waals surface area contributed by atoms with E-state index < -0.39 is 0 Å². The van der Waals surface area contributed by atoms with Crippen LogP contribution in [0.4, 0.5) is 0 Å². The van der Waals surface area contributed by atoms with Crippen LogP contribution >= 0.6 is 22.6 Å². The van der Waals surface area contributed by atoms with Crippen molar-refractivity contribution >= 4 is 34.7 Å². The zero-order chi connectivity index (χ0) is 22.9. The van der Waals surface area contributed by atoms with E-state index in [-0.39, 0.29) is 0 Å². The third-order valence-corrected chi connectivity index (χ3v) is 6.04. The van der Waals surface area contributed by atoms with Gasteiger partial charge in [0.1, 0.15) is 30.5 Å². The van der Waals surface area contributed by atoms with E-state index in [0.717, 1.165) is 43.1 Å². The summed E-state index contributed by atoms with van der Waals surface area (Å²) in [5.74, 6) is 2.37. The molecule has 0 aliphatic carbocycles. The first kappa shape index (κ1) is 22.9. The molecule has 0 saturated carbocycles. The lowest BCUT2D eigenvalue weighted by molar-refractivity contribution is 0.303. The van der Waals surface area contributed by atoms with E-state index >= 15 is 0 Å². The lowest BCUT2D eigenvalue weighted by atomic mass is 10.1. The highest BCUT2D eigenvalue weighted by atomic mass is 127. The van der Waals surface area contributed by atoms with Gasteiger partial charge in [0.05, 0.1) is 7.11 Å². The largest absolute Gasteiger partial charge is 0.497 e. The molecule has 3 nitrogen and oxygen atoms in total. The zero-order valence-electron chi connectivity index (χ0n) is 18.4. The number of hydrogen-bond acceptors (Lipinski definition) is 3. The van der Waals surface area contributed by atoms with Gasteiger partial charge in [-0.2, -0.15) is 0 Å². The summed E-state index contributed by atoms with van der Waals surface area (Å²) in [6.45, 7) is 1.05. The predicted molar refractivity (Wildman–Crippen MR) is 143 cm³/mol. The second-order valence-corrected chi connectivity index (χ2v) is 8.67. The van der Waals surface area contributed by atoms with Crippen molar-refractivity contribution < 1.29 is 14.2 Å². The van der Waals surface area contributed by atoms with Gasteiger partial charge in [-0.1, -0.05) is 72.8 Å². The Kier molecular flexibility index (Phi) is 8.04. The van der Waals surface area contributed by atoms with Gasteiger partial charge in [0.25, 0.3) is 0 Å². The maximum atomic E-state index is 6.01. The Labute approximate surface area is 208 Å². The molecule has 166 valence electrons. The molecule has 0 N–H and O–H groups in total. The van der Waals surface area contributed by atoms with Gasteiger partial charge in [0, 0.05) is 9.64 Å². The summed E-state index contributed by atoms with van der Waals surface area (Å²) in [5, 5.41) is 0. The Morgan fingerprint density at radius 1 is 0.636 bits per heavy atom. The summed E-state index contributed by atoms with van der Waals surface area (Å²) < 4.78 is 18.6. The van der Waals surface area contributed by atoms with Crippen LogP contribution in [-0.4, -0.2) is 7.11 Å². The van der Waals surface area contributed by atoms with E-state index in [1.807, 2.05) is 60.7 Å². The van der Waals surface area contributed by atoms with E-state index in [4.69, 9.17) is 14.2 Å². The molecule has 0 heterocycles. The van der Waals surface area contributed by atoms with Crippen molar-refractivity contribution in [2.45, 2.75) is 13.2 Å². The van der Waals surface area contributed by atoms with Crippen molar-refractivity contribution in [3.05, 3.63) is 123 Å². The molecule has 0 radical (unpaired) electrons. The zero-order valence-corrected chi connectivity index (χ0v) is 20.6. The van der Waals surface area contributed by atoms with Gasteiger partial charge < -0.3 is 14.2 Å². The van der Waals surface area contributed by atoms with E-state index in [0.29, 0.717) is 13.2 Å². The van der Waals surface area contributed by atoms with E-state index in [1.54, 1.807) is 7.11 Å². The molecule has 0 aliphatic rings. The van der Waals surface area contributed by atoms with Crippen molar-refractivity contribution in [3.8, 4) is 17.2 Å². The Morgan fingerprint density at radius 3 is 1.88 bits per heavy atom. The lowest BCUT2D eigenvalue weighted by Gasteiger charge is -2.10. The fraction of sp³-hybridized carbons (Fsp3) is 0.103. The molecular weight excluding hydrogens is 523 g/mol. The fourth-order valence-corrected chi connectivity index (χ4v) is 3.81. The van der Waals surface area contributed by atoms with Crippen LogP contribution in [0.2, 0.25) is 0 Å². The monoisotopic (exact) mass is 548 g/mol. The van der Waals surface area contributed by atoms with Crippen molar-refractivity contribution in [2.75, 3.05) is 7.11 Å². The van der Waals surface area contributed by atoms with Gasteiger partial charge >= 0.3 is 0 Å². The average molecular weight is 548 g/mol. The highest BCUT2D eigenvalue weighted by molar-refractivity contribution is 14.1. The molecule has 0 unspecified atom stereocenters. The first-order valence-electron chi connectivity index (χ1n) is 10.7. The van der Waals surface area contributed by atoms with Crippen LogP contribution in [0.15, 0.2) is 97.1 Å². The number of rotatable bonds is 9. The number of hydrogen-bond donors (Lipinski definition) is 0. The molecule has 0 saturated heterocycles. The smallest absolute Gasteiger partial charge is 0.124 e. The van der Waals surface area contributed by atoms with Gasteiger partial charge in [-0.05, 0) is 75.2 Å². The molecule has 0 fully saturated rings. The Morgan fingerprint density at radius 2 is 1.24 bits per heavy atom. The van der Waals surface area contributed by atoms with Gasteiger partial charge in [-0.3, -0.25) is 0 Å². The van der Waals surface area contributed by atoms with Crippen molar-refractivity contribution in [1.82, 2.24) is 0 Å². The third kappa shape index (κ3) is 6.86. The van der Waals surface area contributed by atoms with Crippen LogP contribution in [0.1, 0.15) is 22.3 Å². The van der Waals surface area contributed by atoms with Crippen molar-refractivity contribution in [1.29, 1.82) is 0 Å². The minimum atomic E-state index is 0.510. The van der Waals surface area contributed by atoms with E-state index in [2.05, 4.69) is 71.1 Å². The maximum Gasteiger partial charge on any atom is 0.124 e. The third-order valence-electron chi connectivity index (χ3n) is 5.06. The SMILES string of the molecule is COc1cc(/C=C\c2cc(OCc3ccccc3)ccc2I)cc(OCc2ccccc2)c1. The lowest BCUT2D eigenvalue weighted by Crippen LogP contribution is -1.96. The molecule has 0 bridgehead atoms. The summed E-state index contributed by atoms with van der Waals surface area (Å²) in [5.41, 5.74) is 4.37. The Bertz CT molecular complexity index is 1200. The van der Waals surface area contributed by atoms with Gasteiger partial charge in [-0.25, -0.2) is 0 Å². The van der Waals surface area contributed by atoms with Crippen LogP contribution in [0.3, 0.4) is 0 Å². The van der Waals surface area contributed by atoms with Crippen LogP contribution in [0.25, 0.3) is 12.2 Å². The summed E-state index contributed by atoms with van der Waals surface area (Å²) in [4.78, 5) is 0. The highest BCUT2D eigenvalue weighted by Crippen LogP contribution is 2.27. The van der Waals surface area contributed by atoms with Crippen LogP contribution in [0, 0.1) is 3.57 Å². The van der Waals surface area contributed by atoms with Gasteiger partial charge in [-0.15, -0.1) is 0 Å². The highest BCUT2D eigenvalue weighted by Gasteiger charge is 2.04. The molecule has 0 amide bonds.